The van der Waals surface area contributed by atoms with Crippen molar-refractivity contribution < 1.29 is 19.1 Å². The Morgan fingerprint density at radius 1 is 1.15 bits per heavy atom. The van der Waals surface area contributed by atoms with Crippen LogP contribution < -0.4 is 9.47 Å². The lowest BCUT2D eigenvalue weighted by Crippen LogP contribution is -2.42. The van der Waals surface area contributed by atoms with Gasteiger partial charge in [-0.15, -0.1) is 0 Å². The Labute approximate surface area is 155 Å². The minimum absolute atomic E-state index is 0.152. The second kappa shape index (κ2) is 8.92. The van der Waals surface area contributed by atoms with Gasteiger partial charge in [0.15, 0.2) is 0 Å². The summed E-state index contributed by atoms with van der Waals surface area (Å²) in [5.74, 6) is 2.31. The average molecular weight is 360 g/mol. The van der Waals surface area contributed by atoms with E-state index in [1.165, 1.54) is 0 Å². The molecule has 142 valence electrons. The van der Waals surface area contributed by atoms with Gasteiger partial charge in [-0.25, -0.2) is 0 Å². The first kappa shape index (κ1) is 18.5. The molecule has 1 unspecified atom stereocenters. The lowest BCUT2D eigenvalue weighted by Gasteiger charge is -2.33. The minimum atomic E-state index is 0.152. The smallest absolute Gasteiger partial charge is 0.224 e. The van der Waals surface area contributed by atoms with Crippen molar-refractivity contribution in [3.63, 3.8) is 0 Å². The Balaban J connectivity index is 1.42. The SMILES string of the molecule is COc1ccc(OCC2CCCN(C(=O)CCN3CCCC3=O)C2)cc1. The predicted molar refractivity (Wildman–Crippen MR) is 98.2 cm³/mol. The van der Waals surface area contributed by atoms with Crippen molar-refractivity contribution in [3.8, 4) is 11.5 Å². The van der Waals surface area contributed by atoms with Gasteiger partial charge in [0.05, 0.1) is 13.7 Å². The molecule has 2 fully saturated rings. The first-order valence-corrected chi connectivity index (χ1v) is 9.48. The molecule has 0 spiro atoms. The van der Waals surface area contributed by atoms with Crippen LogP contribution in [0.5, 0.6) is 11.5 Å². The van der Waals surface area contributed by atoms with Crippen LogP contribution in [0.3, 0.4) is 0 Å². The summed E-state index contributed by atoms with van der Waals surface area (Å²) >= 11 is 0. The van der Waals surface area contributed by atoms with Crippen molar-refractivity contribution in [3.05, 3.63) is 24.3 Å². The first-order chi connectivity index (χ1) is 12.7. The summed E-state index contributed by atoms with van der Waals surface area (Å²) in [6, 6.07) is 7.56. The highest BCUT2D eigenvalue weighted by atomic mass is 16.5. The molecule has 1 atom stereocenters. The fourth-order valence-corrected chi connectivity index (χ4v) is 3.64. The molecule has 26 heavy (non-hydrogen) atoms. The van der Waals surface area contributed by atoms with Gasteiger partial charge < -0.3 is 19.3 Å². The van der Waals surface area contributed by atoms with Crippen molar-refractivity contribution >= 4 is 11.8 Å². The summed E-state index contributed by atoms with van der Waals surface area (Å²) in [5, 5.41) is 0. The highest BCUT2D eigenvalue weighted by Gasteiger charge is 2.26. The number of carbonyl (C=O) groups is 2. The van der Waals surface area contributed by atoms with Gasteiger partial charge >= 0.3 is 0 Å². The number of amides is 2. The van der Waals surface area contributed by atoms with Crippen LogP contribution in [-0.2, 0) is 9.59 Å². The third kappa shape index (κ3) is 4.90. The Morgan fingerprint density at radius 3 is 2.62 bits per heavy atom. The molecular formula is C20H28N2O4. The molecule has 0 aromatic heterocycles. The van der Waals surface area contributed by atoms with Gasteiger partial charge in [0.25, 0.3) is 0 Å². The summed E-state index contributed by atoms with van der Waals surface area (Å²) in [5.41, 5.74) is 0. The van der Waals surface area contributed by atoms with E-state index in [4.69, 9.17) is 9.47 Å². The van der Waals surface area contributed by atoms with Crippen molar-refractivity contribution in [1.29, 1.82) is 0 Å². The van der Waals surface area contributed by atoms with Gasteiger partial charge in [-0.2, -0.15) is 0 Å². The zero-order chi connectivity index (χ0) is 18.4. The van der Waals surface area contributed by atoms with E-state index >= 15 is 0 Å². The second-order valence-corrected chi connectivity index (χ2v) is 7.07. The number of nitrogens with zero attached hydrogens (tertiary/aromatic N) is 2. The average Bonchev–Trinajstić information content (AvgIpc) is 3.10. The Bertz CT molecular complexity index is 617. The summed E-state index contributed by atoms with van der Waals surface area (Å²) < 4.78 is 11.0. The van der Waals surface area contributed by atoms with E-state index < -0.39 is 0 Å². The van der Waals surface area contributed by atoms with Crippen LogP contribution in [0.4, 0.5) is 0 Å². The summed E-state index contributed by atoms with van der Waals surface area (Å²) in [7, 11) is 1.64. The van der Waals surface area contributed by atoms with Crippen molar-refractivity contribution in [1.82, 2.24) is 9.80 Å². The van der Waals surface area contributed by atoms with Crippen LogP contribution in [0, 0.1) is 5.92 Å². The molecule has 0 N–H and O–H groups in total. The maximum atomic E-state index is 12.5. The fraction of sp³-hybridized carbons (Fsp3) is 0.600. The summed E-state index contributed by atoms with van der Waals surface area (Å²) in [4.78, 5) is 27.9. The molecule has 2 heterocycles. The number of hydrogen-bond acceptors (Lipinski definition) is 4. The van der Waals surface area contributed by atoms with Gasteiger partial charge in [0, 0.05) is 44.9 Å². The molecule has 2 aliphatic heterocycles. The molecule has 6 nitrogen and oxygen atoms in total. The Kier molecular flexibility index (Phi) is 6.36. The van der Waals surface area contributed by atoms with Crippen molar-refractivity contribution in [2.24, 2.45) is 5.92 Å². The molecule has 3 rings (SSSR count). The van der Waals surface area contributed by atoms with E-state index in [1.54, 1.807) is 7.11 Å². The predicted octanol–water partition coefficient (Wildman–Crippen LogP) is 2.33. The molecule has 2 aliphatic rings. The van der Waals surface area contributed by atoms with Gasteiger partial charge in [0.2, 0.25) is 11.8 Å². The van der Waals surface area contributed by atoms with Crippen LogP contribution in [0.25, 0.3) is 0 Å². The standard InChI is InChI=1S/C20H28N2O4/c1-25-17-6-8-18(9-7-17)26-15-16-4-2-12-22(14-16)20(24)10-13-21-11-3-5-19(21)23/h6-9,16H,2-5,10-15H2,1H3. The number of methoxy groups -OCH3 is 1. The molecule has 2 amide bonds. The van der Waals surface area contributed by atoms with E-state index in [2.05, 4.69) is 0 Å². The third-order valence-electron chi connectivity index (χ3n) is 5.18. The monoisotopic (exact) mass is 360 g/mol. The summed E-state index contributed by atoms with van der Waals surface area (Å²) in [6.07, 6.45) is 4.05. The van der Waals surface area contributed by atoms with E-state index in [0.29, 0.717) is 31.9 Å². The normalized spacial score (nSPS) is 20.3. The van der Waals surface area contributed by atoms with Crippen LogP contribution in [0.2, 0.25) is 0 Å². The molecular weight excluding hydrogens is 332 g/mol. The molecule has 0 saturated carbocycles. The third-order valence-corrected chi connectivity index (χ3v) is 5.18. The lowest BCUT2D eigenvalue weighted by atomic mass is 9.98. The zero-order valence-electron chi connectivity index (χ0n) is 15.5. The number of hydrogen-bond donors (Lipinski definition) is 0. The zero-order valence-corrected chi connectivity index (χ0v) is 15.5. The van der Waals surface area contributed by atoms with Crippen LogP contribution in [0.15, 0.2) is 24.3 Å². The number of likely N-dealkylation sites (tertiary alicyclic amines) is 2. The second-order valence-electron chi connectivity index (χ2n) is 7.07. The largest absolute Gasteiger partial charge is 0.497 e. The van der Waals surface area contributed by atoms with E-state index in [0.717, 1.165) is 50.4 Å². The van der Waals surface area contributed by atoms with E-state index in [1.807, 2.05) is 34.1 Å². The lowest BCUT2D eigenvalue weighted by molar-refractivity contribution is -0.134. The molecule has 0 bridgehead atoms. The van der Waals surface area contributed by atoms with Gasteiger partial charge in [0.1, 0.15) is 11.5 Å². The number of piperidine rings is 1. The van der Waals surface area contributed by atoms with E-state index in [9.17, 15) is 9.59 Å². The van der Waals surface area contributed by atoms with Crippen LogP contribution >= 0.6 is 0 Å². The number of rotatable bonds is 7. The first-order valence-electron chi connectivity index (χ1n) is 9.48. The highest BCUT2D eigenvalue weighted by Crippen LogP contribution is 2.21. The number of ether oxygens (including phenoxy) is 2. The molecule has 6 heteroatoms. The van der Waals surface area contributed by atoms with Gasteiger partial charge in [-0.05, 0) is 43.5 Å². The van der Waals surface area contributed by atoms with Crippen molar-refractivity contribution in [2.45, 2.75) is 32.1 Å². The topological polar surface area (TPSA) is 59.1 Å². The maximum Gasteiger partial charge on any atom is 0.224 e. The highest BCUT2D eigenvalue weighted by molar-refractivity contribution is 5.80. The van der Waals surface area contributed by atoms with Gasteiger partial charge in [-0.3, -0.25) is 9.59 Å². The minimum Gasteiger partial charge on any atom is -0.497 e. The molecule has 1 aromatic rings. The number of benzene rings is 1. The quantitative estimate of drug-likeness (QED) is 0.749. The summed E-state index contributed by atoms with van der Waals surface area (Å²) in [6.45, 7) is 3.51. The van der Waals surface area contributed by atoms with E-state index in [-0.39, 0.29) is 11.8 Å². The van der Waals surface area contributed by atoms with Crippen LogP contribution in [-0.4, -0.2) is 61.5 Å². The Morgan fingerprint density at radius 2 is 1.92 bits per heavy atom. The molecule has 1 aromatic carbocycles. The molecule has 0 aliphatic carbocycles. The molecule has 2 saturated heterocycles. The maximum absolute atomic E-state index is 12.5. The van der Waals surface area contributed by atoms with Crippen molar-refractivity contribution in [2.75, 3.05) is 39.9 Å². The Hall–Kier alpha value is -2.24. The molecule has 0 radical (unpaired) electrons. The van der Waals surface area contributed by atoms with Gasteiger partial charge in [-0.1, -0.05) is 0 Å². The van der Waals surface area contributed by atoms with Crippen LogP contribution in [0.1, 0.15) is 32.1 Å². The number of carbonyl (C=O) groups excluding carboxylic acids is 2. The fourth-order valence-electron chi connectivity index (χ4n) is 3.64.